The topological polar surface area (TPSA) is 40.6 Å². The van der Waals surface area contributed by atoms with Crippen LogP contribution < -0.4 is 4.74 Å². The maximum absolute atomic E-state index is 13.2. The summed E-state index contributed by atoms with van der Waals surface area (Å²) in [5, 5.41) is 0. The minimum atomic E-state index is -1.26. The van der Waals surface area contributed by atoms with Crippen molar-refractivity contribution in [3.63, 3.8) is 0 Å². The Morgan fingerprint density at radius 3 is 2.65 bits per heavy atom. The van der Waals surface area contributed by atoms with E-state index in [9.17, 15) is 4.39 Å². The van der Waals surface area contributed by atoms with E-state index in [4.69, 9.17) is 14.2 Å². The predicted molar refractivity (Wildman–Crippen MR) is 73.8 cm³/mol. The number of rotatable bonds is 5. The highest BCUT2D eigenvalue weighted by molar-refractivity contribution is 5.41. The van der Waals surface area contributed by atoms with Crippen LogP contribution in [0.15, 0.2) is 6.20 Å². The number of hydrogen-bond acceptors (Lipinski definition) is 4. The first-order valence-electron chi connectivity index (χ1n) is 7.03. The number of nitrogens with zero attached hydrogens (tertiary/aromatic N) is 1. The third-order valence-corrected chi connectivity index (χ3v) is 3.54. The highest BCUT2D eigenvalue weighted by Gasteiger charge is 2.36. The van der Waals surface area contributed by atoms with Gasteiger partial charge in [-0.3, -0.25) is 4.98 Å². The van der Waals surface area contributed by atoms with E-state index < -0.39 is 12.5 Å². The second kappa shape index (κ2) is 6.50. The van der Waals surface area contributed by atoms with E-state index in [2.05, 4.69) is 4.98 Å². The smallest absolute Gasteiger partial charge is 0.232 e. The molecular formula is C15H22FNO3. The van der Waals surface area contributed by atoms with Gasteiger partial charge in [0, 0.05) is 23.0 Å². The highest BCUT2D eigenvalue weighted by atomic mass is 19.1. The molecule has 0 saturated carbocycles. The molecule has 0 aliphatic carbocycles. The predicted octanol–water partition coefficient (Wildman–Crippen LogP) is 2.74. The first-order valence-corrected chi connectivity index (χ1v) is 7.03. The van der Waals surface area contributed by atoms with Crippen LogP contribution in [-0.4, -0.2) is 37.3 Å². The molecule has 1 saturated heterocycles. The molecule has 0 unspecified atom stereocenters. The van der Waals surface area contributed by atoms with Crippen LogP contribution in [0.1, 0.15) is 30.2 Å². The van der Waals surface area contributed by atoms with Crippen molar-refractivity contribution in [3.05, 3.63) is 23.0 Å². The molecule has 5 heteroatoms. The Labute approximate surface area is 119 Å². The molecule has 0 bridgehead atoms. The molecule has 1 aliphatic rings. The third-order valence-electron chi connectivity index (χ3n) is 3.54. The van der Waals surface area contributed by atoms with Crippen molar-refractivity contribution in [1.29, 1.82) is 0 Å². The van der Waals surface area contributed by atoms with Crippen molar-refractivity contribution in [2.75, 3.05) is 26.5 Å². The molecule has 112 valence electrons. The number of pyridine rings is 1. The molecule has 0 aromatic carbocycles. The maximum Gasteiger partial charge on any atom is 0.232 e. The number of ether oxygens (including phenoxy) is 3. The van der Waals surface area contributed by atoms with Gasteiger partial charge in [-0.1, -0.05) is 6.92 Å². The van der Waals surface area contributed by atoms with Crippen LogP contribution in [0.4, 0.5) is 4.39 Å². The lowest BCUT2D eigenvalue weighted by molar-refractivity contribution is -0.283. The Bertz CT molecular complexity index is 459. The molecule has 0 radical (unpaired) electrons. The molecule has 0 N–H and O–H groups in total. The van der Waals surface area contributed by atoms with Gasteiger partial charge in [-0.05, 0) is 26.7 Å². The van der Waals surface area contributed by atoms with Crippen molar-refractivity contribution < 1.29 is 18.6 Å². The molecule has 1 fully saturated rings. The van der Waals surface area contributed by atoms with E-state index >= 15 is 0 Å². The van der Waals surface area contributed by atoms with Gasteiger partial charge in [-0.15, -0.1) is 0 Å². The summed E-state index contributed by atoms with van der Waals surface area (Å²) in [4.78, 5) is 4.37. The fourth-order valence-corrected chi connectivity index (χ4v) is 2.33. The normalized spacial score (nSPS) is 18.0. The molecule has 2 rings (SSSR count). The summed E-state index contributed by atoms with van der Waals surface area (Å²) >= 11 is 0. The van der Waals surface area contributed by atoms with E-state index in [0.29, 0.717) is 13.2 Å². The van der Waals surface area contributed by atoms with Gasteiger partial charge >= 0.3 is 0 Å². The zero-order chi connectivity index (χ0) is 14.6. The summed E-state index contributed by atoms with van der Waals surface area (Å²) in [6.07, 6.45) is 3.41. The maximum atomic E-state index is 13.2. The van der Waals surface area contributed by atoms with E-state index in [1.807, 2.05) is 20.8 Å². The van der Waals surface area contributed by atoms with E-state index in [1.54, 1.807) is 6.20 Å². The molecule has 1 aliphatic heterocycles. The van der Waals surface area contributed by atoms with Gasteiger partial charge in [-0.2, -0.15) is 0 Å². The Hall–Kier alpha value is -1.20. The van der Waals surface area contributed by atoms with Gasteiger partial charge in [0.25, 0.3) is 0 Å². The highest BCUT2D eigenvalue weighted by Crippen LogP contribution is 2.27. The van der Waals surface area contributed by atoms with Crippen LogP contribution >= 0.6 is 0 Å². The molecule has 20 heavy (non-hydrogen) atoms. The van der Waals surface area contributed by atoms with Gasteiger partial charge in [0.05, 0.1) is 13.2 Å². The summed E-state index contributed by atoms with van der Waals surface area (Å²) in [5.74, 6) is -0.505. The van der Waals surface area contributed by atoms with Crippen molar-refractivity contribution in [3.8, 4) is 5.75 Å². The van der Waals surface area contributed by atoms with Crippen molar-refractivity contribution in [1.82, 2.24) is 4.98 Å². The van der Waals surface area contributed by atoms with Crippen molar-refractivity contribution >= 4 is 0 Å². The molecule has 0 amide bonds. The average molecular weight is 283 g/mol. The standard InChI is InChI=1S/C15H22FNO3/c1-4-13-12(3)14(11(2)8-17-13)18-10-15(9-16)19-6-5-7-20-15/h8H,4-7,9-10H2,1-3H3. The quantitative estimate of drug-likeness (QED) is 0.833. The lowest BCUT2D eigenvalue weighted by Crippen LogP contribution is -2.47. The van der Waals surface area contributed by atoms with Crippen LogP contribution in [0.2, 0.25) is 0 Å². The van der Waals surface area contributed by atoms with Crippen molar-refractivity contribution in [2.45, 2.75) is 39.4 Å². The molecule has 1 aromatic rings. The third kappa shape index (κ3) is 3.10. The second-order valence-electron chi connectivity index (χ2n) is 5.08. The largest absolute Gasteiger partial charge is 0.487 e. The summed E-state index contributed by atoms with van der Waals surface area (Å²) in [5.41, 5.74) is 2.92. The van der Waals surface area contributed by atoms with Gasteiger partial charge < -0.3 is 14.2 Å². The fraction of sp³-hybridized carbons (Fsp3) is 0.667. The van der Waals surface area contributed by atoms with E-state index in [-0.39, 0.29) is 6.61 Å². The Morgan fingerprint density at radius 1 is 1.35 bits per heavy atom. The molecule has 4 nitrogen and oxygen atoms in total. The Balaban J connectivity index is 2.13. The zero-order valence-electron chi connectivity index (χ0n) is 12.4. The first kappa shape index (κ1) is 15.2. The number of hydrogen-bond donors (Lipinski definition) is 0. The van der Waals surface area contributed by atoms with Crippen LogP contribution in [0.3, 0.4) is 0 Å². The van der Waals surface area contributed by atoms with Gasteiger partial charge in [0.2, 0.25) is 5.79 Å². The Kier molecular flexibility index (Phi) is 4.94. The minimum Gasteiger partial charge on any atom is -0.487 e. The van der Waals surface area contributed by atoms with Crippen molar-refractivity contribution in [2.24, 2.45) is 0 Å². The zero-order valence-corrected chi connectivity index (χ0v) is 12.4. The molecular weight excluding hydrogens is 261 g/mol. The lowest BCUT2D eigenvalue weighted by Gasteiger charge is -2.34. The van der Waals surface area contributed by atoms with Gasteiger partial charge in [0.1, 0.15) is 19.0 Å². The monoisotopic (exact) mass is 283 g/mol. The molecule has 0 spiro atoms. The van der Waals surface area contributed by atoms with E-state index in [1.165, 1.54) is 0 Å². The van der Waals surface area contributed by atoms with Gasteiger partial charge in [0.15, 0.2) is 0 Å². The summed E-state index contributed by atoms with van der Waals surface area (Å²) < 4.78 is 29.9. The summed E-state index contributed by atoms with van der Waals surface area (Å²) in [6, 6.07) is 0. The summed E-state index contributed by atoms with van der Waals surface area (Å²) in [6.45, 7) is 6.29. The fourth-order valence-electron chi connectivity index (χ4n) is 2.33. The molecule has 1 aromatic heterocycles. The number of aromatic nitrogens is 1. The summed E-state index contributed by atoms with van der Waals surface area (Å²) in [7, 11) is 0. The first-order chi connectivity index (χ1) is 9.62. The van der Waals surface area contributed by atoms with Crippen LogP contribution in [0, 0.1) is 13.8 Å². The van der Waals surface area contributed by atoms with Crippen LogP contribution in [0.25, 0.3) is 0 Å². The minimum absolute atomic E-state index is 0.0539. The van der Waals surface area contributed by atoms with Gasteiger partial charge in [-0.25, -0.2) is 4.39 Å². The number of aryl methyl sites for hydroxylation is 2. The Morgan fingerprint density at radius 2 is 2.05 bits per heavy atom. The lowest BCUT2D eigenvalue weighted by atomic mass is 10.1. The number of alkyl halides is 1. The molecule has 2 heterocycles. The number of halogens is 1. The van der Waals surface area contributed by atoms with E-state index in [0.717, 1.165) is 35.4 Å². The van der Waals surface area contributed by atoms with Crippen LogP contribution in [-0.2, 0) is 15.9 Å². The average Bonchev–Trinajstić information content (AvgIpc) is 2.48. The SMILES string of the molecule is CCc1ncc(C)c(OCC2(CF)OCCCO2)c1C. The van der Waals surface area contributed by atoms with Crippen LogP contribution in [0.5, 0.6) is 5.75 Å². The second-order valence-corrected chi connectivity index (χ2v) is 5.08. The molecule has 0 atom stereocenters.